The van der Waals surface area contributed by atoms with Crippen molar-refractivity contribution in [3.05, 3.63) is 30.0 Å². The van der Waals surface area contributed by atoms with Gasteiger partial charge in [-0.2, -0.15) is 0 Å². The van der Waals surface area contributed by atoms with Crippen molar-refractivity contribution in [3.8, 4) is 11.5 Å². The van der Waals surface area contributed by atoms with Gasteiger partial charge in [-0.3, -0.25) is 4.79 Å². The Balaban J connectivity index is 2.56. The first kappa shape index (κ1) is 14.2. The highest BCUT2D eigenvalue weighted by Crippen LogP contribution is 2.37. The third-order valence-electron chi connectivity index (χ3n) is 2.97. The van der Waals surface area contributed by atoms with Crippen molar-refractivity contribution < 1.29 is 14.6 Å². The van der Waals surface area contributed by atoms with E-state index in [1.165, 1.54) is 0 Å². The largest absolute Gasteiger partial charge is 0.505 e. The number of carbonyl (C=O) groups excluding carboxylic acids is 1. The standard InChI is InChI=1S/C16H19NO3/c1-5-6-11-12(20-15(19)16(2,3)4)9-10-7-8-17-13(10)14(11)18/h5-9,17-18H,1-4H3/b6-5+. The molecule has 2 rings (SSSR count). The molecule has 1 heterocycles. The number of benzene rings is 1. The molecule has 0 radical (unpaired) electrons. The SMILES string of the molecule is C/C=C/c1c(OC(=O)C(C)(C)C)cc2cc[nH]c2c1O. The van der Waals surface area contributed by atoms with Gasteiger partial charge in [0.05, 0.1) is 16.5 Å². The molecular formula is C16H19NO3. The zero-order valence-corrected chi connectivity index (χ0v) is 12.2. The Morgan fingerprint density at radius 1 is 1.40 bits per heavy atom. The smallest absolute Gasteiger partial charge is 0.316 e. The van der Waals surface area contributed by atoms with Gasteiger partial charge in [0, 0.05) is 11.6 Å². The van der Waals surface area contributed by atoms with Gasteiger partial charge in [-0.15, -0.1) is 0 Å². The highest BCUT2D eigenvalue weighted by Gasteiger charge is 2.25. The van der Waals surface area contributed by atoms with E-state index in [4.69, 9.17) is 4.74 Å². The summed E-state index contributed by atoms with van der Waals surface area (Å²) >= 11 is 0. The van der Waals surface area contributed by atoms with E-state index in [0.29, 0.717) is 16.8 Å². The number of rotatable bonds is 2. The maximum Gasteiger partial charge on any atom is 0.316 e. The molecule has 2 N–H and O–H groups in total. The van der Waals surface area contributed by atoms with Gasteiger partial charge in [-0.1, -0.05) is 12.2 Å². The maximum absolute atomic E-state index is 12.0. The van der Waals surface area contributed by atoms with E-state index in [1.807, 2.05) is 13.0 Å². The Bertz CT molecular complexity index is 675. The fourth-order valence-electron chi connectivity index (χ4n) is 1.84. The molecule has 0 saturated heterocycles. The fraction of sp³-hybridized carbons (Fsp3) is 0.312. The van der Waals surface area contributed by atoms with E-state index in [2.05, 4.69) is 4.98 Å². The van der Waals surface area contributed by atoms with Gasteiger partial charge in [0.15, 0.2) is 5.75 Å². The fourth-order valence-corrected chi connectivity index (χ4v) is 1.84. The first-order valence-electron chi connectivity index (χ1n) is 6.52. The number of hydrogen-bond donors (Lipinski definition) is 2. The van der Waals surface area contributed by atoms with E-state index >= 15 is 0 Å². The highest BCUT2D eigenvalue weighted by atomic mass is 16.5. The predicted molar refractivity (Wildman–Crippen MR) is 79.8 cm³/mol. The third-order valence-corrected chi connectivity index (χ3v) is 2.97. The quantitative estimate of drug-likeness (QED) is 0.645. The average molecular weight is 273 g/mol. The number of aromatic hydroxyl groups is 1. The number of phenols is 1. The van der Waals surface area contributed by atoms with Gasteiger partial charge in [-0.05, 0) is 39.8 Å². The van der Waals surface area contributed by atoms with E-state index in [9.17, 15) is 9.90 Å². The Hall–Kier alpha value is -2.23. The Labute approximate surface area is 118 Å². The molecule has 0 atom stereocenters. The number of H-pyrrole nitrogens is 1. The molecule has 4 nitrogen and oxygen atoms in total. The second-order valence-corrected chi connectivity index (χ2v) is 5.72. The molecule has 0 aliphatic heterocycles. The molecule has 0 amide bonds. The number of esters is 1. The number of carbonyl (C=O) groups is 1. The van der Waals surface area contributed by atoms with Crippen LogP contribution in [-0.2, 0) is 4.79 Å². The second-order valence-electron chi connectivity index (χ2n) is 5.72. The maximum atomic E-state index is 12.0. The molecule has 4 heteroatoms. The van der Waals surface area contributed by atoms with Crippen molar-refractivity contribution in [2.75, 3.05) is 0 Å². The number of aromatic amines is 1. The summed E-state index contributed by atoms with van der Waals surface area (Å²) in [5, 5.41) is 11.1. The topological polar surface area (TPSA) is 62.3 Å². The molecule has 20 heavy (non-hydrogen) atoms. The molecule has 0 aliphatic carbocycles. The summed E-state index contributed by atoms with van der Waals surface area (Å²) in [5.41, 5.74) is 0.532. The number of hydrogen-bond acceptors (Lipinski definition) is 3. The van der Waals surface area contributed by atoms with Crippen LogP contribution in [0.25, 0.3) is 17.0 Å². The lowest BCUT2D eigenvalue weighted by atomic mass is 9.97. The van der Waals surface area contributed by atoms with E-state index in [1.54, 1.807) is 45.2 Å². The van der Waals surface area contributed by atoms with E-state index < -0.39 is 5.41 Å². The summed E-state index contributed by atoms with van der Waals surface area (Å²) in [6.07, 6.45) is 5.25. The van der Waals surface area contributed by atoms with Gasteiger partial charge in [-0.25, -0.2) is 0 Å². The summed E-state index contributed by atoms with van der Waals surface area (Å²) in [6, 6.07) is 3.58. The van der Waals surface area contributed by atoms with Crippen LogP contribution in [0.5, 0.6) is 11.5 Å². The summed E-state index contributed by atoms with van der Waals surface area (Å²) in [7, 11) is 0. The average Bonchev–Trinajstić information content (AvgIpc) is 2.81. The van der Waals surface area contributed by atoms with Crippen molar-refractivity contribution in [2.45, 2.75) is 27.7 Å². The van der Waals surface area contributed by atoms with Crippen molar-refractivity contribution in [1.82, 2.24) is 4.98 Å². The third kappa shape index (κ3) is 2.54. The number of nitrogens with one attached hydrogen (secondary N) is 1. The van der Waals surface area contributed by atoms with Crippen LogP contribution in [0, 0.1) is 5.41 Å². The lowest BCUT2D eigenvalue weighted by molar-refractivity contribution is -0.143. The predicted octanol–water partition coefficient (Wildman–Crippen LogP) is 3.86. The number of allylic oxidation sites excluding steroid dienone is 1. The van der Waals surface area contributed by atoms with Crippen molar-refractivity contribution >= 4 is 22.9 Å². The summed E-state index contributed by atoms with van der Waals surface area (Å²) in [6.45, 7) is 7.21. The molecule has 0 bridgehead atoms. The Morgan fingerprint density at radius 2 is 2.10 bits per heavy atom. The van der Waals surface area contributed by atoms with Gasteiger partial charge < -0.3 is 14.8 Å². The number of aromatic nitrogens is 1. The van der Waals surface area contributed by atoms with E-state index in [-0.39, 0.29) is 11.7 Å². The molecule has 2 aromatic rings. The van der Waals surface area contributed by atoms with Gasteiger partial charge in [0.2, 0.25) is 0 Å². The summed E-state index contributed by atoms with van der Waals surface area (Å²) in [5.74, 6) is 0.118. The highest BCUT2D eigenvalue weighted by molar-refractivity contribution is 5.92. The lowest BCUT2D eigenvalue weighted by Crippen LogP contribution is -2.25. The van der Waals surface area contributed by atoms with E-state index in [0.717, 1.165) is 5.39 Å². The minimum atomic E-state index is -0.601. The molecule has 0 fully saturated rings. The molecule has 1 aromatic heterocycles. The normalized spacial score (nSPS) is 12.2. The minimum absolute atomic E-state index is 0.0855. The first-order chi connectivity index (χ1) is 9.34. The van der Waals surface area contributed by atoms with Crippen LogP contribution in [0.3, 0.4) is 0 Å². The van der Waals surface area contributed by atoms with Crippen LogP contribution in [0.2, 0.25) is 0 Å². The molecule has 0 saturated carbocycles. The monoisotopic (exact) mass is 273 g/mol. The molecular weight excluding hydrogens is 254 g/mol. The van der Waals surface area contributed by atoms with Gasteiger partial charge >= 0.3 is 5.97 Å². The first-order valence-corrected chi connectivity index (χ1v) is 6.52. The van der Waals surface area contributed by atoms with Crippen LogP contribution in [-0.4, -0.2) is 16.1 Å². The minimum Gasteiger partial charge on any atom is -0.505 e. The summed E-state index contributed by atoms with van der Waals surface area (Å²) < 4.78 is 5.46. The molecule has 1 aromatic carbocycles. The van der Waals surface area contributed by atoms with Crippen LogP contribution >= 0.6 is 0 Å². The molecule has 106 valence electrons. The van der Waals surface area contributed by atoms with Crippen LogP contribution < -0.4 is 4.74 Å². The molecule has 0 unspecified atom stereocenters. The van der Waals surface area contributed by atoms with Crippen molar-refractivity contribution in [2.24, 2.45) is 5.41 Å². The lowest BCUT2D eigenvalue weighted by Gasteiger charge is -2.18. The zero-order chi connectivity index (χ0) is 14.9. The van der Waals surface area contributed by atoms with Crippen LogP contribution in [0.15, 0.2) is 24.4 Å². The summed E-state index contributed by atoms with van der Waals surface area (Å²) in [4.78, 5) is 15.0. The Kier molecular flexibility index (Phi) is 3.57. The van der Waals surface area contributed by atoms with Gasteiger partial charge in [0.1, 0.15) is 5.75 Å². The van der Waals surface area contributed by atoms with Gasteiger partial charge in [0.25, 0.3) is 0 Å². The van der Waals surface area contributed by atoms with Crippen LogP contribution in [0.1, 0.15) is 33.3 Å². The zero-order valence-electron chi connectivity index (χ0n) is 12.2. The van der Waals surface area contributed by atoms with Crippen LogP contribution in [0.4, 0.5) is 0 Å². The number of phenolic OH excluding ortho intramolecular Hbond substituents is 1. The number of fused-ring (bicyclic) bond motifs is 1. The number of ether oxygens (including phenoxy) is 1. The van der Waals surface area contributed by atoms with Crippen molar-refractivity contribution in [3.63, 3.8) is 0 Å². The molecule has 0 aliphatic rings. The molecule has 0 spiro atoms. The Morgan fingerprint density at radius 3 is 2.70 bits per heavy atom. The second kappa shape index (κ2) is 5.04. The van der Waals surface area contributed by atoms with Crippen molar-refractivity contribution in [1.29, 1.82) is 0 Å².